The van der Waals surface area contributed by atoms with E-state index in [9.17, 15) is 4.79 Å². The molecule has 2 aromatic rings. The summed E-state index contributed by atoms with van der Waals surface area (Å²) in [7, 11) is 0. The first-order valence-electron chi connectivity index (χ1n) is 7.37. The van der Waals surface area contributed by atoms with E-state index in [-0.39, 0.29) is 12.0 Å². The predicted molar refractivity (Wildman–Crippen MR) is 89.0 cm³/mol. The van der Waals surface area contributed by atoms with Crippen molar-refractivity contribution in [3.05, 3.63) is 34.8 Å². The van der Waals surface area contributed by atoms with Gasteiger partial charge < -0.3 is 9.47 Å². The first-order chi connectivity index (χ1) is 11.2. The Morgan fingerprint density at radius 3 is 3.17 bits per heavy atom. The van der Waals surface area contributed by atoms with Crippen LogP contribution in [-0.2, 0) is 11.2 Å². The van der Waals surface area contributed by atoms with E-state index in [1.54, 1.807) is 11.6 Å². The number of fused-ring (bicyclic) bond motifs is 1. The Morgan fingerprint density at radius 2 is 2.43 bits per heavy atom. The van der Waals surface area contributed by atoms with E-state index >= 15 is 0 Å². The third kappa shape index (κ3) is 3.68. The Labute approximate surface area is 138 Å². The molecule has 1 aromatic carbocycles. The number of aromatic nitrogens is 2. The van der Waals surface area contributed by atoms with Crippen LogP contribution in [0.2, 0.25) is 0 Å². The lowest BCUT2D eigenvalue weighted by Crippen LogP contribution is -2.07. The largest absolute Gasteiger partial charge is 0.493 e. The molecular weight excluding hydrogens is 314 g/mol. The number of nitrogens with one attached hydrogen (secondary N) is 1. The highest BCUT2D eigenvalue weighted by Gasteiger charge is 2.21. The average Bonchev–Trinajstić information content (AvgIpc) is 3.13. The van der Waals surface area contributed by atoms with Gasteiger partial charge in [0.1, 0.15) is 23.1 Å². The number of carbonyl (C=O) groups excluding carboxylic acids is 1. The van der Waals surface area contributed by atoms with Crippen molar-refractivity contribution in [1.82, 2.24) is 10.2 Å². The van der Waals surface area contributed by atoms with E-state index in [0.717, 1.165) is 29.0 Å². The van der Waals surface area contributed by atoms with Gasteiger partial charge in [-0.3, -0.25) is 10.1 Å². The fourth-order valence-corrected chi connectivity index (χ4v) is 2.85. The molecule has 0 aliphatic carbocycles. The third-order valence-corrected chi connectivity index (χ3v) is 3.94. The zero-order valence-corrected chi connectivity index (χ0v) is 13.7. The van der Waals surface area contributed by atoms with Crippen LogP contribution in [0, 0.1) is 0 Å². The Morgan fingerprint density at radius 1 is 1.57 bits per heavy atom. The molecule has 2 heterocycles. The molecule has 1 unspecified atom stereocenters. The van der Waals surface area contributed by atoms with Crippen LogP contribution < -0.4 is 14.8 Å². The minimum atomic E-state index is -0.265. The lowest BCUT2D eigenvalue weighted by Gasteiger charge is -2.10. The molecule has 0 fully saturated rings. The summed E-state index contributed by atoms with van der Waals surface area (Å²) >= 11 is 1.27. The van der Waals surface area contributed by atoms with Crippen LogP contribution in [-0.4, -0.2) is 28.8 Å². The second kappa shape index (κ2) is 6.78. The SMILES string of the molecule is CCOc1cc2c(cc1/C=C/C(=O)Nc1nncs1)OC(C)C2. The van der Waals surface area contributed by atoms with Crippen molar-refractivity contribution >= 4 is 28.5 Å². The van der Waals surface area contributed by atoms with Gasteiger partial charge in [0.2, 0.25) is 11.0 Å². The molecule has 1 aliphatic heterocycles. The summed E-state index contributed by atoms with van der Waals surface area (Å²) in [5.74, 6) is 1.34. The molecule has 0 saturated carbocycles. The minimum absolute atomic E-state index is 0.166. The second-order valence-corrected chi connectivity index (χ2v) is 5.96. The number of carbonyl (C=O) groups is 1. The lowest BCUT2D eigenvalue weighted by atomic mass is 10.1. The van der Waals surface area contributed by atoms with Crippen LogP contribution >= 0.6 is 11.3 Å². The number of ether oxygens (including phenoxy) is 2. The fraction of sp³-hybridized carbons (Fsp3) is 0.312. The van der Waals surface area contributed by atoms with Crippen molar-refractivity contribution in [2.75, 3.05) is 11.9 Å². The standard InChI is InChI=1S/C16H17N3O3S/c1-3-21-13-8-12-6-10(2)22-14(12)7-11(13)4-5-15(20)18-16-19-17-9-23-16/h4-5,7-10H,3,6H2,1-2H3,(H,18,19,20)/b5-4+. The maximum atomic E-state index is 11.9. The number of anilines is 1. The highest BCUT2D eigenvalue weighted by atomic mass is 32.1. The van der Waals surface area contributed by atoms with Crippen molar-refractivity contribution in [3.8, 4) is 11.5 Å². The zero-order chi connectivity index (χ0) is 16.2. The number of hydrogen-bond donors (Lipinski definition) is 1. The van der Waals surface area contributed by atoms with Crippen molar-refractivity contribution in [2.45, 2.75) is 26.4 Å². The van der Waals surface area contributed by atoms with Gasteiger partial charge in [0.05, 0.1) is 6.61 Å². The van der Waals surface area contributed by atoms with Crippen molar-refractivity contribution in [3.63, 3.8) is 0 Å². The van der Waals surface area contributed by atoms with Crippen molar-refractivity contribution in [1.29, 1.82) is 0 Å². The minimum Gasteiger partial charge on any atom is -0.493 e. The van der Waals surface area contributed by atoms with Crippen molar-refractivity contribution in [2.24, 2.45) is 0 Å². The van der Waals surface area contributed by atoms with Crippen LogP contribution in [0.5, 0.6) is 11.5 Å². The lowest BCUT2D eigenvalue weighted by molar-refractivity contribution is -0.111. The maximum Gasteiger partial charge on any atom is 0.250 e. The van der Waals surface area contributed by atoms with Gasteiger partial charge in [-0.05, 0) is 32.1 Å². The molecule has 23 heavy (non-hydrogen) atoms. The molecule has 0 bridgehead atoms. The monoisotopic (exact) mass is 331 g/mol. The Bertz CT molecular complexity index is 728. The predicted octanol–water partition coefficient (Wildman–Crippen LogP) is 2.91. The van der Waals surface area contributed by atoms with Crippen LogP contribution in [0.4, 0.5) is 5.13 Å². The van der Waals surface area contributed by atoms with E-state index < -0.39 is 0 Å². The highest BCUT2D eigenvalue weighted by Crippen LogP contribution is 2.35. The Hall–Kier alpha value is -2.41. The van der Waals surface area contributed by atoms with Gasteiger partial charge in [-0.1, -0.05) is 11.3 Å². The van der Waals surface area contributed by atoms with Gasteiger partial charge in [-0.15, -0.1) is 10.2 Å². The van der Waals surface area contributed by atoms with Gasteiger partial charge >= 0.3 is 0 Å². The highest BCUT2D eigenvalue weighted by molar-refractivity contribution is 7.13. The molecule has 1 aromatic heterocycles. The zero-order valence-electron chi connectivity index (χ0n) is 12.9. The first-order valence-corrected chi connectivity index (χ1v) is 8.25. The summed E-state index contributed by atoms with van der Waals surface area (Å²) in [5.41, 5.74) is 3.51. The van der Waals surface area contributed by atoms with Gasteiger partial charge in [0.15, 0.2) is 0 Å². The van der Waals surface area contributed by atoms with Gasteiger partial charge in [0, 0.05) is 23.6 Å². The second-order valence-electron chi connectivity index (χ2n) is 5.13. The summed E-state index contributed by atoms with van der Waals surface area (Å²) in [5, 5.41) is 10.6. The fourth-order valence-electron chi connectivity index (χ4n) is 2.41. The Balaban J connectivity index is 1.79. The summed E-state index contributed by atoms with van der Waals surface area (Å²) < 4.78 is 11.4. The molecular formula is C16H17N3O3S. The quantitative estimate of drug-likeness (QED) is 0.853. The van der Waals surface area contributed by atoms with Crippen LogP contribution in [0.3, 0.4) is 0 Å². The molecule has 0 radical (unpaired) electrons. The molecule has 1 N–H and O–H groups in total. The third-order valence-electron chi connectivity index (χ3n) is 3.33. The summed E-state index contributed by atoms with van der Waals surface area (Å²) in [6.07, 6.45) is 4.20. The smallest absolute Gasteiger partial charge is 0.250 e. The Kier molecular flexibility index (Phi) is 4.57. The number of nitrogens with zero attached hydrogens (tertiary/aromatic N) is 2. The summed E-state index contributed by atoms with van der Waals surface area (Å²) in [6.45, 7) is 4.53. The normalized spacial score (nSPS) is 16.2. The molecule has 1 atom stereocenters. The van der Waals surface area contributed by atoms with Crippen LogP contribution in [0.25, 0.3) is 6.08 Å². The van der Waals surface area contributed by atoms with E-state index in [1.807, 2.05) is 26.0 Å². The van der Waals surface area contributed by atoms with Gasteiger partial charge in [0.25, 0.3) is 0 Å². The molecule has 1 amide bonds. The molecule has 0 saturated heterocycles. The molecule has 1 aliphatic rings. The molecule has 0 spiro atoms. The average molecular weight is 331 g/mol. The van der Waals surface area contributed by atoms with Crippen LogP contribution in [0.15, 0.2) is 23.7 Å². The molecule has 120 valence electrons. The molecule has 3 rings (SSSR count). The maximum absolute atomic E-state index is 11.9. The van der Waals surface area contributed by atoms with E-state index in [2.05, 4.69) is 15.5 Å². The van der Waals surface area contributed by atoms with E-state index in [0.29, 0.717) is 11.7 Å². The summed E-state index contributed by atoms with van der Waals surface area (Å²) in [6, 6.07) is 3.91. The van der Waals surface area contributed by atoms with E-state index in [1.165, 1.54) is 17.4 Å². The number of benzene rings is 1. The van der Waals surface area contributed by atoms with Gasteiger partial charge in [-0.2, -0.15) is 0 Å². The molecule has 6 nitrogen and oxygen atoms in total. The van der Waals surface area contributed by atoms with Crippen LogP contribution in [0.1, 0.15) is 25.0 Å². The first kappa shape index (κ1) is 15.5. The number of rotatable bonds is 5. The molecule has 7 heteroatoms. The number of hydrogen-bond acceptors (Lipinski definition) is 6. The number of amides is 1. The van der Waals surface area contributed by atoms with Gasteiger partial charge in [-0.25, -0.2) is 0 Å². The topological polar surface area (TPSA) is 73.3 Å². The van der Waals surface area contributed by atoms with E-state index in [4.69, 9.17) is 9.47 Å². The summed E-state index contributed by atoms with van der Waals surface area (Å²) in [4.78, 5) is 11.9. The van der Waals surface area contributed by atoms with Crippen molar-refractivity contribution < 1.29 is 14.3 Å².